The van der Waals surface area contributed by atoms with Crippen molar-refractivity contribution in [3.8, 4) is 5.75 Å². The van der Waals surface area contributed by atoms with Crippen LogP contribution in [0.1, 0.15) is 11.1 Å². The highest BCUT2D eigenvalue weighted by Crippen LogP contribution is 2.28. The van der Waals surface area contributed by atoms with Gasteiger partial charge in [0.2, 0.25) is 0 Å². The molecular weight excluding hydrogens is 368 g/mol. The molecule has 0 saturated carbocycles. The van der Waals surface area contributed by atoms with E-state index in [1.54, 1.807) is 18.3 Å². The molecule has 0 saturated heterocycles. The van der Waals surface area contributed by atoms with Crippen molar-refractivity contribution in [1.82, 2.24) is 14.2 Å². The van der Waals surface area contributed by atoms with Gasteiger partial charge in [0.25, 0.3) is 5.91 Å². The molecule has 2 aromatic carbocycles. The molecule has 0 bridgehead atoms. The minimum atomic E-state index is -0.544. The molecule has 0 radical (unpaired) electrons. The van der Waals surface area contributed by atoms with Crippen LogP contribution in [0.3, 0.4) is 0 Å². The summed E-state index contributed by atoms with van der Waals surface area (Å²) in [5, 5.41) is 7.25. The lowest BCUT2D eigenvalue weighted by Gasteiger charge is -2.12. The van der Waals surface area contributed by atoms with Gasteiger partial charge in [-0.15, -0.1) is 5.10 Å². The Balaban J connectivity index is 1.32. The van der Waals surface area contributed by atoms with Crippen LogP contribution >= 0.6 is 0 Å². The Morgan fingerprint density at radius 3 is 2.83 bits per heavy atom. The van der Waals surface area contributed by atoms with Gasteiger partial charge >= 0.3 is 5.69 Å². The first-order valence-electron chi connectivity index (χ1n) is 9.36. The van der Waals surface area contributed by atoms with Crippen LogP contribution in [0.2, 0.25) is 0 Å². The fourth-order valence-electron chi connectivity index (χ4n) is 3.54. The third kappa shape index (κ3) is 3.27. The number of carbonyl (C=O) groups excluding carboxylic acids is 1. The molecule has 0 spiro atoms. The van der Waals surface area contributed by atoms with Crippen LogP contribution in [0.4, 0.5) is 5.69 Å². The molecule has 0 fully saturated rings. The van der Waals surface area contributed by atoms with Crippen LogP contribution in [-0.4, -0.2) is 26.2 Å². The number of rotatable bonds is 4. The average Bonchev–Trinajstić information content (AvgIpc) is 3.30. The van der Waals surface area contributed by atoms with Crippen molar-refractivity contribution >= 4 is 17.2 Å². The minimum absolute atomic E-state index is 0.191. The molecule has 1 aliphatic rings. The topological polar surface area (TPSA) is 77.6 Å². The second-order valence-corrected chi connectivity index (χ2v) is 6.98. The van der Waals surface area contributed by atoms with Gasteiger partial charge in [0.1, 0.15) is 5.75 Å². The molecule has 7 heteroatoms. The van der Waals surface area contributed by atoms with Gasteiger partial charge in [-0.05, 0) is 41.5 Å². The van der Waals surface area contributed by atoms with E-state index in [1.807, 2.05) is 54.6 Å². The highest BCUT2D eigenvalue weighted by molar-refractivity contribution is 5.95. The molecular formula is C22H18N4O3. The van der Waals surface area contributed by atoms with E-state index < -0.39 is 6.10 Å². The lowest BCUT2D eigenvalue weighted by molar-refractivity contribution is -0.122. The number of benzene rings is 2. The lowest BCUT2D eigenvalue weighted by Crippen LogP contribution is -2.31. The monoisotopic (exact) mass is 386 g/mol. The number of hydrogen-bond donors (Lipinski definition) is 1. The molecule has 29 heavy (non-hydrogen) atoms. The standard InChI is InChI=1S/C22H18N4O3/c27-21(19-13-16-7-1-2-9-18(16)29-19)23-17-8-5-6-15(12-17)14-26-22(28)25-11-4-3-10-20(25)24-26/h1-12,19H,13-14H2,(H,23,27). The Kier molecular flexibility index (Phi) is 4.13. The summed E-state index contributed by atoms with van der Waals surface area (Å²) in [6.07, 6.45) is 1.70. The highest BCUT2D eigenvalue weighted by atomic mass is 16.5. The van der Waals surface area contributed by atoms with Gasteiger partial charge in [0.05, 0.1) is 6.54 Å². The molecule has 7 nitrogen and oxygen atoms in total. The largest absolute Gasteiger partial charge is 0.480 e. The molecule has 3 heterocycles. The Morgan fingerprint density at radius 1 is 1.10 bits per heavy atom. The molecule has 1 amide bonds. The number of nitrogens with one attached hydrogen (secondary N) is 1. The summed E-state index contributed by atoms with van der Waals surface area (Å²) < 4.78 is 8.66. The van der Waals surface area contributed by atoms with Crippen molar-refractivity contribution in [2.24, 2.45) is 0 Å². The highest BCUT2D eigenvalue weighted by Gasteiger charge is 2.28. The molecule has 0 aliphatic carbocycles. The zero-order valence-electron chi connectivity index (χ0n) is 15.5. The van der Waals surface area contributed by atoms with E-state index in [4.69, 9.17) is 4.74 Å². The van der Waals surface area contributed by atoms with E-state index >= 15 is 0 Å². The van der Waals surface area contributed by atoms with Crippen molar-refractivity contribution in [3.63, 3.8) is 0 Å². The number of aromatic nitrogens is 3. The zero-order chi connectivity index (χ0) is 19.8. The van der Waals surface area contributed by atoms with E-state index in [9.17, 15) is 9.59 Å². The Bertz CT molecular complexity index is 1250. The maximum absolute atomic E-state index is 12.6. The third-order valence-corrected chi connectivity index (χ3v) is 4.95. The molecule has 4 aromatic rings. The van der Waals surface area contributed by atoms with E-state index in [1.165, 1.54) is 9.08 Å². The van der Waals surface area contributed by atoms with E-state index in [2.05, 4.69) is 10.4 Å². The second kappa shape index (κ2) is 6.94. The van der Waals surface area contributed by atoms with Gasteiger partial charge in [-0.2, -0.15) is 0 Å². The number of amides is 1. The summed E-state index contributed by atoms with van der Waals surface area (Å²) in [6, 6.07) is 20.5. The van der Waals surface area contributed by atoms with Gasteiger partial charge in [0, 0.05) is 18.3 Å². The van der Waals surface area contributed by atoms with Crippen molar-refractivity contribution in [3.05, 3.63) is 94.5 Å². The molecule has 1 unspecified atom stereocenters. The van der Waals surface area contributed by atoms with Crippen LogP contribution < -0.4 is 15.7 Å². The minimum Gasteiger partial charge on any atom is -0.480 e. The number of para-hydroxylation sites is 1. The molecule has 144 valence electrons. The average molecular weight is 386 g/mol. The summed E-state index contributed by atoms with van der Waals surface area (Å²) >= 11 is 0. The quantitative estimate of drug-likeness (QED) is 0.585. The van der Waals surface area contributed by atoms with Crippen LogP contribution in [-0.2, 0) is 17.8 Å². The van der Waals surface area contributed by atoms with Crippen LogP contribution in [0.15, 0.2) is 77.7 Å². The maximum Gasteiger partial charge on any atom is 0.350 e. The van der Waals surface area contributed by atoms with Crippen LogP contribution in [0, 0.1) is 0 Å². The Morgan fingerprint density at radius 2 is 1.97 bits per heavy atom. The van der Waals surface area contributed by atoms with Gasteiger partial charge in [-0.25, -0.2) is 9.48 Å². The molecule has 1 aliphatic heterocycles. The molecule has 1 atom stereocenters. The van der Waals surface area contributed by atoms with Crippen molar-refractivity contribution < 1.29 is 9.53 Å². The summed E-state index contributed by atoms with van der Waals surface area (Å²) in [4.78, 5) is 25.1. The van der Waals surface area contributed by atoms with Gasteiger partial charge in [-0.3, -0.25) is 9.20 Å². The van der Waals surface area contributed by atoms with E-state index in [0.29, 0.717) is 24.3 Å². The third-order valence-electron chi connectivity index (χ3n) is 4.95. The molecule has 5 rings (SSSR count). The normalized spacial score (nSPS) is 15.1. The maximum atomic E-state index is 12.6. The van der Waals surface area contributed by atoms with Crippen LogP contribution in [0.5, 0.6) is 5.75 Å². The Labute approximate surface area is 166 Å². The Hall–Kier alpha value is -3.87. The van der Waals surface area contributed by atoms with Gasteiger partial charge in [0.15, 0.2) is 11.8 Å². The van der Waals surface area contributed by atoms with Crippen molar-refractivity contribution in [2.45, 2.75) is 19.1 Å². The number of carbonyl (C=O) groups is 1. The first-order chi connectivity index (χ1) is 14.2. The second-order valence-electron chi connectivity index (χ2n) is 6.98. The fourth-order valence-corrected chi connectivity index (χ4v) is 3.54. The fraction of sp³-hybridized carbons (Fsp3) is 0.136. The molecule has 1 N–H and O–H groups in total. The number of ether oxygens (including phenoxy) is 1. The summed E-state index contributed by atoms with van der Waals surface area (Å²) in [5.41, 5.74) is 2.95. The summed E-state index contributed by atoms with van der Waals surface area (Å²) in [7, 11) is 0. The lowest BCUT2D eigenvalue weighted by atomic mass is 10.1. The van der Waals surface area contributed by atoms with E-state index in [0.717, 1.165) is 16.9 Å². The predicted octanol–water partition coefficient (Wildman–Crippen LogP) is 2.49. The van der Waals surface area contributed by atoms with E-state index in [-0.39, 0.29) is 11.6 Å². The molecule has 2 aromatic heterocycles. The number of hydrogen-bond acceptors (Lipinski definition) is 4. The predicted molar refractivity (Wildman–Crippen MR) is 108 cm³/mol. The number of fused-ring (bicyclic) bond motifs is 2. The first kappa shape index (κ1) is 17.2. The van der Waals surface area contributed by atoms with Crippen molar-refractivity contribution in [2.75, 3.05) is 5.32 Å². The summed E-state index contributed by atoms with van der Waals surface area (Å²) in [5.74, 6) is 0.566. The number of anilines is 1. The van der Waals surface area contributed by atoms with Gasteiger partial charge in [-0.1, -0.05) is 36.4 Å². The summed E-state index contributed by atoms with van der Waals surface area (Å²) in [6.45, 7) is 0.315. The van der Waals surface area contributed by atoms with Crippen LogP contribution in [0.25, 0.3) is 5.65 Å². The van der Waals surface area contributed by atoms with Gasteiger partial charge < -0.3 is 10.1 Å². The number of nitrogens with zero attached hydrogens (tertiary/aromatic N) is 3. The smallest absolute Gasteiger partial charge is 0.350 e. The first-order valence-corrected chi connectivity index (χ1v) is 9.36. The SMILES string of the molecule is O=C(Nc1cccc(Cn2nc3ccccn3c2=O)c1)C1Cc2ccccc2O1. The zero-order valence-corrected chi connectivity index (χ0v) is 15.5. The number of pyridine rings is 1. The van der Waals surface area contributed by atoms with Crippen molar-refractivity contribution in [1.29, 1.82) is 0 Å².